The van der Waals surface area contributed by atoms with Gasteiger partial charge in [0.15, 0.2) is 5.82 Å². The molecule has 1 aromatic carbocycles. The van der Waals surface area contributed by atoms with Gasteiger partial charge in [-0.3, -0.25) is 4.21 Å². The fraction of sp³-hybridized carbons (Fsp3) is 0.214. The molecule has 6 nitrogen and oxygen atoms in total. The average molecular weight is 338 g/mol. The molecule has 3 rings (SSSR count). The van der Waals surface area contributed by atoms with E-state index in [1.807, 2.05) is 12.1 Å². The number of rotatable bonds is 5. The van der Waals surface area contributed by atoms with E-state index in [-0.39, 0.29) is 11.5 Å². The Kier molecular flexibility index (Phi) is 4.35. The van der Waals surface area contributed by atoms with Crippen LogP contribution in [0, 0.1) is 6.92 Å². The van der Waals surface area contributed by atoms with Crippen LogP contribution in [-0.4, -0.2) is 19.3 Å². The van der Waals surface area contributed by atoms with Crippen LogP contribution in [0.2, 0.25) is 5.02 Å². The quantitative estimate of drug-likeness (QED) is 0.711. The number of hydrogen-bond donors (Lipinski definition) is 0. The van der Waals surface area contributed by atoms with Crippen molar-refractivity contribution in [3.63, 3.8) is 0 Å². The van der Waals surface area contributed by atoms with E-state index in [1.54, 1.807) is 25.3 Å². The topological polar surface area (TPSA) is 82.0 Å². The monoisotopic (exact) mass is 337 g/mol. The Bertz CT molecular complexity index is 815. The van der Waals surface area contributed by atoms with Crippen molar-refractivity contribution >= 4 is 22.4 Å². The molecule has 0 aliphatic rings. The molecule has 8 heteroatoms. The summed E-state index contributed by atoms with van der Waals surface area (Å²) >= 11 is 6.07. The van der Waals surface area contributed by atoms with E-state index in [1.165, 1.54) is 0 Å². The van der Waals surface area contributed by atoms with Crippen LogP contribution in [0.5, 0.6) is 0 Å². The van der Waals surface area contributed by atoms with Gasteiger partial charge in [0.05, 0.1) is 22.5 Å². The van der Waals surface area contributed by atoms with Crippen LogP contribution in [-0.2, 0) is 22.3 Å². The van der Waals surface area contributed by atoms with Crippen LogP contribution in [0.3, 0.4) is 0 Å². The summed E-state index contributed by atoms with van der Waals surface area (Å²) in [5.74, 6) is 2.17. The maximum atomic E-state index is 12.1. The normalized spacial score (nSPS) is 12.5. The summed E-state index contributed by atoms with van der Waals surface area (Å²) in [7, 11) is -1.23. The average Bonchev–Trinajstić information content (AvgIpc) is 3.09. The molecule has 0 aliphatic heterocycles. The standard InChI is InChI=1S/C14H12ClN3O3S/c1-9-6-16-13(20-9)8-22(19)7-12-17-14(21-18-12)10-4-2-3-5-11(10)15/h2-6H,7-8H2,1H3. The van der Waals surface area contributed by atoms with Crippen molar-refractivity contribution in [2.45, 2.75) is 18.4 Å². The van der Waals surface area contributed by atoms with Crippen LogP contribution in [0.25, 0.3) is 11.5 Å². The molecule has 0 saturated heterocycles. The summed E-state index contributed by atoms with van der Waals surface area (Å²) < 4.78 is 22.5. The van der Waals surface area contributed by atoms with Crippen LogP contribution in [0.1, 0.15) is 17.5 Å². The molecule has 1 atom stereocenters. The first-order chi connectivity index (χ1) is 10.6. The number of aromatic nitrogens is 3. The van der Waals surface area contributed by atoms with Crippen molar-refractivity contribution in [2.24, 2.45) is 0 Å². The van der Waals surface area contributed by atoms with E-state index in [0.29, 0.717) is 34.0 Å². The lowest BCUT2D eigenvalue weighted by molar-refractivity contribution is 0.425. The molecule has 0 radical (unpaired) electrons. The second-order valence-corrected chi connectivity index (χ2v) is 6.45. The highest BCUT2D eigenvalue weighted by Crippen LogP contribution is 2.26. The Labute approximate surface area is 134 Å². The Hall–Kier alpha value is -1.99. The summed E-state index contributed by atoms with van der Waals surface area (Å²) in [5, 5.41) is 4.35. The van der Waals surface area contributed by atoms with E-state index in [2.05, 4.69) is 15.1 Å². The Morgan fingerprint density at radius 1 is 1.27 bits per heavy atom. The van der Waals surface area contributed by atoms with Crippen molar-refractivity contribution < 1.29 is 13.1 Å². The number of aryl methyl sites for hydroxylation is 1. The Morgan fingerprint density at radius 3 is 2.82 bits per heavy atom. The van der Waals surface area contributed by atoms with Crippen molar-refractivity contribution in [3.8, 4) is 11.5 Å². The van der Waals surface area contributed by atoms with Gasteiger partial charge < -0.3 is 8.94 Å². The Morgan fingerprint density at radius 2 is 2.09 bits per heavy atom. The minimum Gasteiger partial charge on any atom is -0.445 e. The summed E-state index contributed by atoms with van der Waals surface area (Å²) in [4.78, 5) is 8.24. The molecule has 114 valence electrons. The molecular formula is C14H12ClN3O3S. The molecular weight excluding hydrogens is 326 g/mol. The zero-order valence-corrected chi connectivity index (χ0v) is 13.2. The first-order valence-corrected chi connectivity index (χ1v) is 8.32. The van der Waals surface area contributed by atoms with Gasteiger partial charge in [0, 0.05) is 10.8 Å². The van der Waals surface area contributed by atoms with E-state index in [0.717, 1.165) is 0 Å². The fourth-order valence-corrected chi connectivity index (χ4v) is 2.99. The van der Waals surface area contributed by atoms with Gasteiger partial charge in [-0.15, -0.1) is 0 Å². The summed E-state index contributed by atoms with van der Waals surface area (Å²) in [6, 6.07) is 7.17. The van der Waals surface area contributed by atoms with Crippen molar-refractivity contribution in [1.82, 2.24) is 15.1 Å². The maximum Gasteiger partial charge on any atom is 0.259 e. The van der Waals surface area contributed by atoms with Gasteiger partial charge in [-0.2, -0.15) is 4.98 Å². The van der Waals surface area contributed by atoms with Gasteiger partial charge in [0.2, 0.25) is 5.89 Å². The summed E-state index contributed by atoms with van der Waals surface area (Å²) in [6.45, 7) is 1.79. The van der Waals surface area contributed by atoms with E-state index in [9.17, 15) is 4.21 Å². The fourth-order valence-electron chi connectivity index (χ4n) is 1.86. The molecule has 2 heterocycles. The van der Waals surface area contributed by atoms with Crippen LogP contribution < -0.4 is 0 Å². The lowest BCUT2D eigenvalue weighted by Gasteiger charge is -1.96. The molecule has 2 aromatic heterocycles. The van der Waals surface area contributed by atoms with Gasteiger partial charge in [-0.1, -0.05) is 28.9 Å². The first-order valence-electron chi connectivity index (χ1n) is 6.45. The highest BCUT2D eigenvalue weighted by Gasteiger charge is 2.15. The molecule has 0 bridgehead atoms. The smallest absolute Gasteiger partial charge is 0.259 e. The van der Waals surface area contributed by atoms with Gasteiger partial charge >= 0.3 is 0 Å². The van der Waals surface area contributed by atoms with Gasteiger partial charge in [0.25, 0.3) is 5.89 Å². The minimum absolute atomic E-state index is 0.162. The van der Waals surface area contributed by atoms with Gasteiger partial charge in [0.1, 0.15) is 11.5 Å². The predicted octanol–water partition coefficient (Wildman–Crippen LogP) is 3.14. The largest absolute Gasteiger partial charge is 0.445 e. The summed E-state index contributed by atoms with van der Waals surface area (Å²) in [6.07, 6.45) is 1.59. The van der Waals surface area contributed by atoms with Crippen LogP contribution >= 0.6 is 11.6 Å². The third-order valence-electron chi connectivity index (χ3n) is 2.82. The molecule has 22 heavy (non-hydrogen) atoms. The highest BCUT2D eigenvalue weighted by atomic mass is 35.5. The maximum absolute atomic E-state index is 12.1. The molecule has 0 saturated carbocycles. The van der Waals surface area contributed by atoms with Crippen molar-refractivity contribution in [1.29, 1.82) is 0 Å². The van der Waals surface area contributed by atoms with E-state index < -0.39 is 10.8 Å². The first kappa shape index (κ1) is 14.9. The number of nitrogens with zero attached hydrogens (tertiary/aromatic N) is 3. The zero-order valence-electron chi connectivity index (χ0n) is 11.7. The summed E-state index contributed by atoms with van der Waals surface area (Å²) in [5.41, 5.74) is 0.650. The molecule has 0 fully saturated rings. The lowest BCUT2D eigenvalue weighted by Crippen LogP contribution is -2.01. The van der Waals surface area contributed by atoms with Crippen LogP contribution in [0.15, 0.2) is 39.4 Å². The van der Waals surface area contributed by atoms with E-state index in [4.69, 9.17) is 20.5 Å². The minimum atomic E-state index is -1.23. The van der Waals surface area contributed by atoms with Crippen molar-refractivity contribution in [3.05, 3.63) is 53.0 Å². The number of oxazole rings is 1. The SMILES string of the molecule is Cc1cnc(CS(=O)Cc2noc(-c3ccccc3Cl)n2)o1. The predicted molar refractivity (Wildman–Crippen MR) is 81.5 cm³/mol. The zero-order chi connectivity index (χ0) is 15.5. The van der Waals surface area contributed by atoms with Crippen LogP contribution in [0.4, 0.5) is 0 Å². The molecule has 3 aromatic rings. The molecule has 0 spiro atoms. The number of benzene rings is 1. The molecule has 1 unspecified atom stereocenters. The van der Waals surface area contributed by atoms with Gasteiger partial charge in [-0.05, 0) is 19.1 Å². The highest BCUT2D eigenvalue weighted by molar-refractivity contribution is 7.83. The third-order valence-corrected chi connectivity index (χ3v) is 4.29. The Balaban J connectivity index is 1.69. The second kappa shape index (κ2) is 6.41. The lowest BCUT2D eigenvalue weighted by atomic mass is 10.2. The van der Waals surface area contributed by atoms with E-state index >= 15 is 0 Å². The second-order valence-electron chi connectivity index (χ2n) is 4.59. The third kappa shape index (κ3) is 3.42. The number of hydrogen-bond acceptors (Lipinski definition) is 6. The number of halogens is 1. The molecule has 0 N–H and O–H groups in total. The van der Waals surface area contributed by atoms with Crippen molar-refractivity contribution in [2.75, 3.05) is 0 Å². The van der Waals surface area contributed by atoms with Gasteiger partial charge in [-0.25, -0.2) is 4.98 Å². The molecule has 0 amide bonds. The molecule has 0 aliphatic carbocycles.